The predicted molar refractivity (Wildman–Crippen MR) is 100.0 cm³/mol. The minimum Gasteiger partial charge on any atom is -0.444 e. The normalized spacial score (nSPS) is 17.6. The van der Waals surface area contributed by atoms with Crippen LogP contribution in [0, 0.1) is 5.82 Å². The fourth-order valence-electron chi connectivity index (χ4n) is 3.21. The molecule has 1 saturated heterocycles. The molecular formula is C19H20FN3O3S. The lowest BCUT2D eigenvalue weighted by Gasteiger charge is -2.27. The van der Waals surface area contributed by atoms with Crippen molar-refractivity contribution in [1.82, 2.24) is 15.0 Å². The molecule has 8 heteroatoms. The average molecular weight is 389 g/mol. The van der Waals surface area contributed by atoms with Gasteiger partial charge in [0.15, 0.2) is 5.58 Å². The van der Waals surface area contributed by atoms with Gasteiger partial charge in [-0.1, -0.05) is 5.16 Å². The number of rotatable bonds is 2. The van der Waals surface area contributed by atoms with E-state index in [0.29, 0.717) is 28.9 Å². The Morgan fingerprint density at radius 2 is 2.22 bits per heavy atom. The molecule has 1 atom stereocenters. The first kappa shape index (κ1) is 17.9. The van der Waals surface area contributed by atoms with Crippen LogP contribution < -0.4 is 0 Å². The Kier molecular flexibility index (Phi) is 4.38. The summed E-state index contributed by atoms with van der Waals surface area (Å²) in [4.78, 5) is 18.9. The first-order valence-electron chi connectivity index (χ1n) is 8.82. The highest BCUT2D eigenvalue weighted by Gasteiger charge is 2.35. The van der Waals surface area contributed by atoms with Gasteiger partial charge in [0.2, 0.25) is 0 Å². The molecule has 1 fully saturated rings. The number of halogens is 1. The number of carbonyl (C=O) groups excluding carboxylic acids is 1. The summed E-state index contributed by atoms with van der Waals surface area (Å²) >= 11 is 1.48. The van der Waals surface area contributed by atoms with E-state index in [-0.39, 0.29) is 18.0 Å². The number of carbonyl (C=O) groups is 1. The smallest absolute Gasteiger partial charge is 0.410 e. The van der Waals surface area contributed by atoms with E-state index in [1.165, 1.54) is 23.5 Å². The Morgan fingerprint density at radius 3 is 3.00 bits per heavy atom. The third kappa shape index (κ3) is 3.53. The maximum absolute atomic E-state index is 13.3. The van der Waals surface area contributed by atoms with E-state index in [2.05, 4.69) is 10.1 Å². The third-order valence-corrected chi connectivity index (χ3v) is 5.31. The molecule has 3 aromatic rings. The predicted octanol–water partition coefficient (Wildman–Crippen LogP) is 5.16. The molecule has 0 spiro atoms. The fourth-order valence-corrected chi connectivity index (χ4v) is 4.16. The van der Waals surface area contributed by atoms with E-state index in [9.17, 15) is 9.18 Å². The molecule has 0 bridgehead atoms. The zero-order valence-electron chi connectivity index (χ0n) is 15.4. The van der Waals surface area contributed by atoms with Gasteiger partial charge in [-0.25, -0.2) is 14.2 Å². The van der Waals surface area contributed by atoms with Gasteiger partial charge in [0, 0.05) is 18.0 Å². The molecule has 142 valence electrons. The van der Waals surface area contributed by atoms with Crippen LogP contribution in [-0.2, 0) is 4.74 Å². The lowest BCUT2D eigenvalue weighted by atomic mass is 10.2. The molecule has 3 heterocycles. The van der Waals surface area contributed by atoms with Crippen LogP contribution in [0.25, 0.3) is 22.4 Å². The molecule has 0 saturated carbocycles. The largest absolute Gasteiger partial charge is 0.444 e. The molecule has 1 aliphatic rings. The topological polar surface area (TPSA) is 68.5 Å². The molecule has 0 aliphatic carbocycles. The lowest BCUT2D eigenvalue weighted by molar-refractivity contribution is 0.0224. The number of hydrogen-bond acceptors (Lipinski definition) is 6. The van der Waals surface area contributed by atoms with E-state index >= 15 is 0 Å². The number of amides is 1. The number of benzene rings is 1. The number of hydrogen-bond donors (Lipinski definition) is 0. The van der Waals surface area contributed by atoms with Crippen molar-refractivity contribution in [2.45, 2.75) is 45.3 Å². The van der Waals surface area contributed by atoms with Gasteiger partial charge in [0.1, 0.15) is 27.8 Å². The van der Waals surface area contributed by atoms with Crippen LogP contribution in [0.4, 0.5) is 9.18 Å². The van der Waals surface area contributed by atoms with Crippen molar-refractivity contribution in [3.8, 4) is 11.4 Å². The molecule has 4 rings (SSSR count). The van der Waals surface area contributed by atoms with Crippen LogP contribution in [0.1, 0.15) is 44.7 Å². The summed E-state index contributed by atoms with van der Waals surface area (Å²) in [5.74, 6) is -0.372. The van der Waals surface area contributed by atoms with Gasteiger partial charge < -0.3 is 9.26 Å². The zero-order valence-corrected chi connectivity index (χ0v) is 16.2. The molecule has 1 amide bonds. The summed E-state index contributed by atoms with van der Waals surface area (Å²) in [6.45, 7) is 6.22. The van der Waals surface area contributed by atoms with Crippen LogP contribution in [0.15, 0.2) is 28.1 Å². The molecule has 0 N–H and O–H groups in total. The van der Waals surface area contributed by atoms with Gasteiger partial charge in [0.05, 0.1) is 11.4 Å². The Labute approximate surface area is 159 Å². The molecule has 0 radical (unpaired) electrons. The fraction of sp³-hybridized carbons (Fsp3) is 0.421. The Morgan fingerprint density at radius 1 is 1.41 bits per heavy atom. The van der Waals surface area contributed by atoms with Crippen molar-refractivity contribution < 1.29 is 18.4 Å². The van der Waals surface area contributed by atoms with Gasteiger partial charge in [0.25, 0.3) is 0 Å². The molecule has 27 heavy (non-hydrogen) atoms. The Bertz CT molecular complexity index is 992. The van der Waals surface area contributed by atoms with Crippen LogP contribution in [0.2, 0.25) is 0 Å². The van der Waals surface area contributed by atoms with E-state index in [1.807, 2.05) is 26.2 Å². The van der Waals surface area contributed by atoms with Crippen molar-refractivity contribution >= 4 is 28.4 Å². The summed E-state index contributed by atoms with van der Waals surface area (Å²) in [5.41, 5.74) is 1.09. The van der Waals surface area contributed by atoms with Gasteiger partial charge in [-0.3, -0.25) is 4.90 Å². The van der Waals surface area contributed by atoms with Crippen molar-refractivity contribution in [2.75, 3.05) is 6.54 Å². The van der Waals surface area contributed by atoms with Crippen molar-refractivity contribution in [2.24, 2.45) is 0 Å². The summed E-state index contributed by atoms with van der Waals surface area (Å²) in [5, 5.41) is 7.49. The highest BCUT2D eigenvalue weighted by atomic mass is 32.1. The highest BCUT2D eigenvalue weighted by molar-refractivity contribution is 7.10. The maximum Gasteiger partial charge on any atom is 0.410 e. The zero-order chi connectivity index (χ0) is 19.2. The monoisotopic (exact) mass is 389 g/mol. The van der Waals surface area contributed by atoms with Crippen molar-refractivity contribution in [1.29, 1.82) is 0 Å². The highest BCUT2D eigenvalue weighted by Crippen LogP contribution is 2.37. The summed E-state index contributed by atoms with van der Waals surface area (Å²) in [6, 6.07) is 4.21. The number of aromatic nitrogens is 2. The molecule has 0 unspecified atom stereocenters. The number of fused-ring (bicyclic) bond motifs is 1. The average Bonchev–Trinajstić information content (AvgIpc) is 3.30. The van der Waals surface area contributed by atoms with E-state index in [4.69, 9.17) is 9.26 Å². The maximum atomic E-state index is 13.3. The van der Waals surface area contributed by atoms with Gasteiger partial charge in [-0.05, 0) is 45.7 Å². The second-order valence-corrected chi connectivity index (χ2v) is 8.46. The van der Waals surface area contributed by atoms with E-state index in [0.717, 1.165) is 17.8 Å². The summed E-state index contributed by atoms with van der Waals surface area (Å²) in [7, 11) is 0. The Balaban J connectivity index is 1.60. The number of ether oxygens (including phenoxy) is 1. The van der Waals surface area contributed by atoms with Gasteiger partial charge in [-0.2, -0.15) is 0 Å². The summed E-state index contributed by atoms with van der Waals surface area (Å²) < 4.78 is 24.1. The van der Waals surface area contributed by atoms with E-state index in [1.54, 1.807) is 11.0 Å². The quantitative estimate of drug-likeness (QED) is 0.605. The second kappa shape index (κ2) is 6.60. The SMILES string of the molecule is CC(C)(C)OC(=O)N1CCC[C@H]1c1nc(-c2noc3cc(F)ccc23)cs1. The third-order valence-electron chi connectivity index (χ3n) is 4.36. The van der Waals surface area contributed by atoms with E-state index < -0.39 is 5.60 Å². The van der Waals surface area contributed by atoms with Gasteiger partial charge in [-0.15, -0.1) is 11.3 Å². The van der Waals surface area contributed by atoms with Crippen molar-refractivity contribution in [3.05, 3.63) is 34.4 Å². The standard InChI is InChI=1S/C19H20FN3O3S/c1-19(2,3)25-18(24)23-8-4-5-14(23)17-21-13(10-27-17)16-12-7-6-11(20)9-15(12)26-22-16/h6-7,9-10,14H,4-5,8H2,1-3H3/t14-/m0/s1. The van der Waals surface area contributed by atoms with Crippen LogP contribution in [-0.4, -0.2) is 33.3 Å². The van der Waals surface area contributed by atoms with Crippen LogP contribution in [0.5, 0.6) is 0 Å². The molecule has 1 aliphatic heterocycles. The van der Waals surface area contributed by atoms with Crippen LogP contribution in [0.3, 0.4) is 0 Å². The molecule has 6 nitrogen and oxygen atoms in total. The number of likely N-dealkylation sites (tertiary alicyclic amines) is 1. The van der Waals surface area contributed by atoms with Crippen molar-refractivity contribution in [3.63, 3.8) is 0 Å². The minimum atomic E-state index is -0.535. The minimum absolute atomic E-state index is 0.103. The lowest BCUT2D eigenvalue weighted by Crippen LogP contribution is -2.36. The first-order chi connectivity index (χ1) is 12.8. The van der Waals surface area contributed by atoms with Gasteiger partial charge >= 0.3 is 6.09 Å². The number of nitrogens with zero attached hydrogens (tertiary/aromatic N) is 3. The number of thiazole rings is 1. The first-order valence-corrected chi connectivity index (χ1v) is 9.70. The summed E-state index contributed by atoms with van der Waals surface area (Å²) in [6.07, 6.45) is 1.44. The van der Waals surface area contributed by atoms with Crippen LogP contribution >= 0.6 is 11.3 Å². The second-order valence-electron chi connectivity index (χ2n) is 7.57. The Hall–Kier alpha value is -2.48. The molecule has 1 aromatic carbocycles. The molecule has 2 aromatic heterocycles. The molecular weight excluding hydrogens is 369 g/mol.